The van der Waals surface area contributed by atoms with E-state index in [-0.39, 0.29) is 5.82 Å². The SMILES string of the molecule is COc1ccc(F)cc1CN1CCN(c2ccc3ccccc3n2)CC1. The number of hydrogen-bond acceptors (Lipinski definition) is 4. The first kappa shape index (κ1) is 16.8. The van der Waals surface area contributed by atoms with E-state index in [1.165, 1.54) is 6.07 Å². The molecule has 4 nitrogen and oxygen atoms in total. The van der Waals surface area contributed by atoms with Gasteiger partial charge in [0.1, 0.15) is 17.4 Å². The number of ether oxygens (including phenoxy) is 1. The molecule has 1 aliphatic heterocycles. The van der Waals surface area contributed by atoms with Crippen LogP contribution in [-0.2, 0) is 6.54 Å². The number of benzene rings is 2. The molecule has 0 atom stereocenters. The number of rotatable bonds is 4. The molecular weight excluding hydrogens is 329 g/mol. The molecule has 0 saturated carbocycles. The number of piperazine rings is 1. The van der Waals surface area contributed by atoms with Gasteiger partial charge in [-0.1, -0.05) is 18.2 Å². The van der Waals surface area contributed by atoms with Gasteiger partial charge in [-0.2, -0.15) is 0 Å². The number of fused-ring (bicyclic) bond motifs is 1. The highest BCUT2D eigenvalue weighted by atomic mass is 19.1. The number of halogens is 1. The summed E-state index contributed by atoms with van der Waals surface area (Å²) in [5, 5.41) is 1.16. The molecule has 0 radical (unpaired) electrons. The third kappa shape index (κ3) is 3.48. The fourth-order valence-electron chi connectivity index (χ4n) is 3.48. The second-order valence-electron chi connectivity index (χ2n) is 6.58. The summed E-state index contributed by atoms with van der Waals surface area (Å²) in [5.41, 5.74) is 1.92. The van der Waals surface area contributed by atoms with Crippen molar-refractivity contribution in [3.63, 3.8) is 0 Å². The van der Waals surface area contributed by atoms with Crippen molar-refractivity contribution < 1.29 is 9.13 Å². The van der Waals surface area contributed by atoms with Gasteiger partial charge in [0.15, 0.2) is 0 Å². The standard InChI is InChI=1S/C21H22FN3O/c1-26-20-8-7-18(22)14-17(20)15-24-10-12-25(13-11-24)21-9-6-16-4-2-3-5-19(16)23-21/h2-9,14H,10-13,15H2,1H3. The van der Waals surface area contributed by atoms with Crippen molar-refractivity contribution >= 4 is 16.7 Å². The van der Waals surface area contributed by atoms with Gasteiger partial charge in [0.05, 0.1) is 12.6 Å². The summed E-state index contributed by atoms with van der Waals surface area (Å²) in [7, 11) is 1.63. The minimum atomic E-state index is -0.222. The van der Waals surface area contributed by atoms with E-state index >= 15 is 0 Å². The molecule has 0 N–H and O–H groups in total. The Kier molecular flexibility index (Phi) is 4.71. The third-order valence-corrected chi connectivity index (χ3v) is 4.92. The Labute approximate surface area is 152 Å². The molecule has 3 aromatic rings. The zero-order valence-corrected chi connectivity index (χ0v) is 14.9. The van der Waals surface area contributed by atoms with Crippen molar-refractivity contribution in [1.82, 2.24) is 9.88 Å². The Bertz CT molecular complexity index is 907. The van der Waals surface area contributed by atoms with Crippen LogP contribution < -0.4 is 9.64 Å². The maximum Gasteiger partial charge on any atom is 0.129 e. The molecule has 0 amide bonds. The fourth-order valence-corrected chi connectivity index (χ4v) is 3.48. The van der Waals surface area contributed by atoms with Gasteiger partial charge in [-0.25, -0.2) is 9.37 Å². The zero-order chi connectivity index (χ0) is 17.9. The van der Waals surface area contributed by atoms with Crippen LogP contribution in [0.1, 0.15) is 5.56 Å². The molecule has 0 bridgehead atoms. The smallest absolute Gasteiger partial charge is 0.129 e. The normalized spacial score (nSPS) is 15.4. The van der Waals surface area contributed by atoms with E-state index in [1.54, 1.807) is 19.2 Å². The minimum absolute atomic E-state index is 0.222. The predicted octanol–water partition coefficient (Wildman–Crippen LogP) is 3.70. The molecule has 26 heavy (non-hydrogen) atoms. The van der Waals surface area contributed by atoms with Gasteiger partial charge < -0.3 is 9.64 Å². The summed E-state index contributed by atoms with van der Waals surface area (Å²) in [6, 6.07) is 17.1. The first-order valence-electron chi connectivity index (χ1n) is 8.88. The molecule has 5 heteroatoms. The van der Waals surface area contributed by atoms with Crippen LogP contribution in [0.5, 0.6) is 5.75 Å². The molecule has 134 valence electrons. The van der Waals surface area contributed by atoms with E-state index < -0.39 is 0 Å². The molecule has 1 fully saturated rings. The van der Waals surface area contributed by atoms with Crippen molar-refractivity contribution in [2.24, 2.45) is 0 Å². The van der Waals surface area contributed by atoms with Gasteiger partial charge in [-0.3, -0.25) is 4.90 Å². The summed E-state index contributed by atoms with van der Waals surface area (Å²) < 4.78 is 18.9. The van der Waals surface area contributed by atoms with Gasteiger partial charge in [0, 0.05) is 43.7 Å². The average molecular weight is 351 g/mol. The maximum atomic E-state index is 13.6. The second-order valence-corrected chi connectivity index (χ2v) is 6.58. The summed E-state index contributed by atoms with van der Waals surface area (Å²) in [6.45, 7) is 4.33. The van der Waals surface area contributed by atoms with Crippen LogP contribution in [0.4, 0.5) is 10.2 Å². The Morgan fingerprint density at radius 2 is 1.81 bits per heavy atom. The molecular formula is C21H22FN3O. The lowest BCUT2D eigenvalue weighted by atomic mass is 10.1. The van der Waals surface area contributed by atoms with E-state index in [0.717, 1.165) is 54.2 Å². The van der Waals surface area contributed by atoms with Crippen LogP contribution in [0.2, 0.25) is 0 Å². The first-order valence-corrected chi connectivity index (χ1v) is 8.88. The lowest BCUT2D eigenvalue weighted by Gasteiger charge is -2.35. The van der Waals surface area contributed by atoms with Gasteiger partial charge in [0.25, 0.3) is 0 Å². The summed E-state index contributed by atoms with van der Waals surface area (Å²) in [5.74, 6) is 1.54. The molecule has 1 aliphatic rings. The monoisotopic (exact) mass is 351 g/mol. The molecule has 0 aliphatic carbocycles. The van der Waals surface area contributed by atoms with Crippen molar-refractivity contribution in [2.75, 3.05) is 38.2 Å². The number of pyridine rings is 1. The Balaban J connectivity index is 1.43. The van der Waals surface area contributed by atoms with E-state index in [9.17, 15) is 4.39 Å². The molecule has 1 aromatic heterocycles. The Morgan fingerprint density at radius 3 is 2.62 bits per heavy atom. The average Bonchev–Trinajstić information content (AvgIpc) is 2.68. The molecule has 0 spiro atoms. The zero-order valence-electron chi connectivity index (χ0n) is 14.9. The molecule has 2 heterocycles. The van der Waals surface area contributed by atoms with Crippen molar-refractivity contribution in [2.45, 2.75) is 6.54 Å². The first-order chi connectivity index (χ1) is 12.7. The van der Waals surface area contributed by atoms with Crippen LogP contribution in [0.15, 0.2) is 54.6 Å². The van der Waals surface area contributed by atoms with Gasteiger partial charge in [0.2, 0.25) is 0 Å². The van der Waals surface area contributed by atoms with Crippen LogP contribution in [0.25, 0.3) is 10.9 Å². The number of hydrogen-bond donors (Lipinski definition) is 0. The maximum absolute atomic E-state index is 13.6. The highest BCUT2D eigenvalue weighted by Crippen LogP contribution is 2.23. The summed E-state index contributed by atoms with van der Waals surface area (Å²) in [6.07, 6.45) is 0. The van der Waals surface area contributed by atoms with Gasteiger partial charge in [-0.05, 0) is 36.4 Å². The van der Waals surface area contributed by atoms with E-state index in [1.807, 2.05) is 18.2 Å². The van der Waals surface area contributed by atoms with Crippen molar-refractivity contribution in [1.29, 1.82) is 0 Å². The fraction of sp³-hybridized carbons (Fsp3) is 0.286. The molecule has 1 saturated heterocycles. The second kappa shape index (κ2) is 7.30. The van der Waals surface area contributed by atoms with E-state index in [2.05, 4.69) is 28.0 Å². The highest BCUT2D eigenvalue weighted by Gasteiger charge is 2.19. The summed E-state index contributed by atoms with van der Waals surface area (Å²) in [4.78, 5) is 9.42. The number of aromatic nitrogens is 1. The van der Waals surface area contributed by atoms with E-state index in [0.29, 0.717) is 6.54 Å². The number of nitrogens with zero attached hydrogens (tertiary/aromatic N) is 3. The third-order valence-electron chi connectivity index (χ3n) is 4.92. The largest absolute Gasteiger partial charge is 0.496 e. The molecule has 2 aromatic carbocycles. The quantitative estimate of drug-likeness (QED) is 0.717. The topological polar surface area (TPSA) is 28.6 Å². The van der Waals surface area contributed by atoms with Crippen LogP contribution in [-0.4, -0.2) is 43.2 Å². The molecule has 0 unspecified atom stereocenters. The molecule has 4 rings (SSSR count). The minimum Gasteiger partial charge on any atom is -0.496 e. The van der Waals surface area contributed by atoms with Crippen LogP contribution >= 0.6 is 0 Å². The van der Waals surface area contributed by atoms with Gasteiger partial charge >= 0.3 is 0 Å². The lowest BCUT2D eigenvalue weighted by molar-refractivity contribution is 0.245. The van der Waals surface area contributed by atoms with Gasteiger partial charge in [-0.15, -0.1) is 0 Å². The highest BCUT2D eigenvalue weighted by molar-refractivity contribution is 5.80. The van der Waals surface area contributed by atoms with Crippen molar-refractivity contribution in [3.05, 3.63) is 66.0 Å². The Hall–Kier alpha value is -2.66. The van der Waals surface area contributed by atoms with Crippen LogP contribution in [0.3, 0.4) is 0 Å². The van der Waals surface area contributed by atoms with Crippen molar-refractivity contribution in [3.8, 4) is 5.75 Å². The Morgan fingerprint density at radius 1 is 1.00 bits per heavy atom. The summed E-state index contributed by atoms with van der Waals surface area (Å²) >= 11 is 0. The predicted molar refractivity (Wildman–Crippen MR) is 102 cm³/mol. The van der Waals surface area contributed by atoms with E-state index in [4.69, 9.17) is 9.72 Å². The number of anilines is 1. The van der Waals surface area contributed by atoms with Crippen LogP contribution in [0, 0.1) is 5.82 Å². The number of methoxy groups -OCH3 is 1. The lowest BCUT2D eigenvalue weighted by Crippen LogP contribution is -2.46. The number of para-hydroxylation sites is 1.